The molecule has 0 amide bonds. The van der Waals surface area contributed by atoms with Gasteiger partial charge in [-0.2, -0.15) is 0 Å². The maximum absolute atomic E-state index is 5.90. The van der Waals surface area contributed by atoms with Gasteiger partial charge in [-0.25, -0.2) is 15.0 Å². The lowest BCUT2D eigenvalue weighted by atomic mass is 10.3. The standard InChI is InChI=1S/C12H16N4OS/c1-4-5-9-15-10(13)8(3)11(16-9)18-12-14-7(2)6-17-12/h6H,4-5H2,1-3H3,(H2,13,15,16). The third kappa shape index (κ3) is 2.81. The third-order valence-corrected chi connectivity index (χ3v) is 3.39. The Hall–Kier alpha value is -1.56. The molecule has 0 aliphatic heterocycles. The molecule has 0 saturated carbocycles. The van der Waals surface area contributed by atoms with Crippen molar-refractivity contribution in [2.75, 3.05) is 5.73 Å². The van der Waals surface area contributed by atoms with E-state index in [2.05, 4.69) is 21.9 Å². The summed E-state index contributed by atoms with van der Waals surface area (Å²) in [7, 11) is 0. The lowest BCUT2D eigenvalue weighted by Gasteiger charge is -2.07. The summed E-state index contributed by atoms with van der Waals surface area (Å²) < 4.78 is 5.31. The maximum atomic E-state index is 5.90. The van der Waals surface area contributed by atoms with E-state index in [1.807, 2.05) is 13.8 Å². The second-order valence-corrected chi connectivity index (χ2v) is 5.00. The van der Waals surface area contributed by atoms with Gasteiger partial charge in [0.1, 0.15) is 22.9 Å². The van der Waals surface area contributed by atoms with E-state index in [1.54, 1.807) is 6.26 Å². The van der Waals surface area contributed by atoms with Gasteiger partial charge in [-0.3, -0.25) is 0 Å². The van der Waals surface area contributed by atoms with Gasteiger partial charge in [0.2, 0.25) is 0 Å². The monoisotopic (exact) mass is 264 g/mol. The molecule has 0 radical (unpaired) electrons. The maximum Gasteiger partial charge on any atom is 0.262 e. The number of aryl methyl sites for hydroxylation is 2. The molecule has 2 rings (SSSR count). The Morgan fingerprint density at radius 1 is 1.28 bits per heavy atom. The first-order chi connectivity index (χ1) is 8.60. The van der Waals surface area contributed by atoms with Crippen LogP contribution in [-0.4, -0.2) is 15.0 Å². The molecule has 0 saturated heterocycles. The summed E-state index contributed by atoms with van der Waals surface area (Å²) in [6.45, 7) is 5.88. The second kappa shape index (κ2) is 5.39. The van der Waals surface area contributed by atoms with E-state index in [0.29, 0.717) is 11.0 Å². The molecule has 0 aliphatic carbocycles. The van der Waals surface area contributed by atoms with Gasteiger partial charge in [-0.1, -0.05) is 6.92 Å². The molecule has 2 N–H and O–H groups in total. The van der Waals surface area contributed by atoms with Gasteiger partial charge in [0, 0.05) is 12.0 Å². The van der Waals surface area contributed by atoms with Crippen molar-refractivity contribution in [2.24, 2.45) is 0 Å². The third-order valence-electron chi connectivity index (χ3n) is 2.44. The summed E-state index contributed by atoms with van der Waals surface area (Å²) >= 11 is 1.38. The van der Waals surface area contributed by atoms with Crippen LogP contribution in [0.15, 0.2) is 20.9 Å². The quantitative estimate of drug-likeness (QED) is 0.855. The van der Waals surface area contributed by atoms with Gasteiger partial charge in [0.05, 0.1) is 5.69 Å². The van der Waals surface area contributed by atoms with Crippen LogP contribution in [0.3, 0.4) is 0 Å². The lowest BCUT2D eigenvalue weighted by molar-refractivity contribution is 0.453. The molecule has 0 unspecified atom stereocenters. The van der Waals surface area contributed by atoms with Crippen LogP contribution in [-0.2, 0) is 6.42 Å². The van der Waals surface area contributed by atoms with Crippen LogP contribution in [0.4, 0.5) is 5.82 Å². The number of nitrogen functional groups attached to an aromatic ring is 1. The lowest BCUT2D eigenvalue weighted by Crippen LogP contribution is -2.04. The van der Waals surface area contributed by atoms with E-state index in [0.717, 1.165) is 34.9 Å². The second-order valence-electron chi connectivity index (χ2n) is 4.06. The molecule has 0 aliphatic rings. The number of rotatable bonds is 4. The number of hydrogen-bond donors (Lipinski definition) is 1. The number of oxazole rings is 1. The van der Waals surface area contributed by atoms with E-state index in [1.165, 1.54) is 11.8 Å². The zero-order valence-electron chi connectivity index (χ0n) is 10.7. The van der Waals surface area contributed by atoms with Crippen LogP contribution in [0.25, 0.3) is 0 Å². The summed E-state index contributed by atoms with van der Waals surface area (Å²) in [6, 6.07) is 0. The molecule has 0 bridgehead atoms. The van der Waals surface area contributed by atoms with Crippen LogP contribution >= 0.6 is 11.8 Å². The molecule has 5 nitrogen and oxygen atoms in total. The highest BCUT2D eigenvalue weighted by molar-refractivity contribution is 7.99. The van der Waals surface area contributed by atoms with E-state index >= 15 is 0 Å². The van der Waals surface area contributed by atoms with Crippen molar-refractivity contribution in [3.63, 3.8) is 0 Å². The first-order valence-corrected chi connectivity index (χ1v) is 6.64. The van der Waals surface area contributed by atoms with E-state index in [-0.39, 0.29) is 0 Å². The zero-order chi connectivity index (χ0) is 13.1. The van der Waals surface area contributed by atoms with E-state index in [9.17, 15) is 0 Å². The number of nitrogens with two attached hydrogens (primary N) is 1. The smallest absolute Gasteiger partial charge is 0.262 e. The van der Waals surface area contributed by atoms with Gasteiger partial charge in [0.15, 0.2) is 0 Å². The van der Waals surface area contributed by atoms with Crippen molar-refractivity contribution in [1.82, 2.24) is 15.0 Å². The van der Waals surface area contributed by atoms with Crippen LogP contribution in [0.1, 0.15) is 30.4 Å². The Bertz CT molecular complexity index is 553. The highest BCUT2D eigenvalue weighted by Gasteiger charge is 2.12. The minimum Gasteiger partial charge on any atom is -0.439 e. The van der Waals surface area contributed by atoms with Crippen molar-refractivity contribution in [3.05, 3.63) is 23.3 Å². The van der Waals surface area contributed by atoms with Gasteiger partial charge in [0.25, 0.3) is 5.22 Å². The van der Waals surface area contributed by atoms with Crippen LogP contribution in [0.5, 0.6) is 0 Å². The Morgan fingerprint density at radius 2 is 2.06 bits per heavy atom. The molecular weight excluding hydrogens is 248 g/mol. The molecule has 18 heavy (non-hydrogen) atoms. The Kier molecular flexibility index (Phi) is 3.86. The van der Waals surface area contributed by atoms with Crippen LogP contribution in [0.2, 0.25) is 0 Å². The fourth-order valence-electron chi connectivity index (χ4n) is 1.46. The van der Waals surface area contributed by atoms with Gasteiger partial charge >= 0.3 is 0 Å². The largest absolute Gasteiger partial charge is 0.439 e. The molecule has 2 heterocycles. The molecule has 96 valence electrons. The molecule has 2 aromatic rings. The number of aromatic nitrogens is 3. The highest BCUT2D eigenvalue weighted by Crippen LogP contribution is 2.29. The first kappa shape index (κ1) is 12.9. The highest BCUT2D eigenvalue weighted by atomic mass is 32.2. The molecule has 0 atom stereocenters. The first-order valence-electron chi connectivity index (χ1n) is 5.83. The molecule has 0 fully saturated rings. The van der Waals surface area contributed by atoms with Crippen molar-refractivity contribution in [2.45, 2.75) is 43.9 Å². The SMILES string of the molecule is CCCc1nc(N)c(C)c(Sc2nc(C)co2)n1. The van der Waals surface area contributed by atoms with Crippen molar-refractivity contribution < 1.29 is 4.42 Å². The van der Waals surface area contributed by atoms with Gasteiger partial charge in [-0.15, -0.1) is 0 Å². The molecular formula is C12H16N4OS. The summed E-state index contributed by atoms with van der Waals surface area (Å²) in [5, 5.41) is 1.39. The van der Waals surface area contributed by atoms with Crippen molar-refractivity contribution in [3.8, 4) is 0 Å². The fourth-order valence-corrected chi connectivity index (χ4v) is 2.32. The fraction of sp³-hybridized carbons (Fsp3) is 0.417. The van der Waals surface area contributed by atoms with Crippen LogP contribution < -0.4 is 5.73 Å². The topological polar surface area (TPSA) is 77.8 Å². The molecule has 0 aromatic carbocycles. The number of hydrogen-bond acceptors (Lipinski definition) is 6. The Labute approximate surface area is 110 Å². The van der Waals surface area contributed by atoms with Gasteiger partial charge in [-0.05, 0) is 32.0 Å². The summed E-state index contributed by atoms with van der Waals surface area (Å²) in [5.74, 6) is 1.30. The normalized spacial score (nSPS) is 10.8. The zero-order valence-corrected chi connectivity index (χ0v) is 11.5. The molecule has 0 spiro atoms. The summed E-state index contributed by atoms with van der Waals surface area (Å²) in [4.78, 5) is 13.0. The number of nitrogens with zero attached hydrogens (tertiary/aromatic N) is 3. The molecule has 2 aromatic heterocycles. The average molecular weight is 264 g/mol. The molecule has 6 heteroatoms. The van der Waals surface area contributed by atoms with Crippen molar-refractivity contribution >= 4 is 17.6 Å². The minimum absolute atomic E-state index is 0.527. The summed E-state index contributed by atoms with van der Waals surface area (Å²) in [6.07, 6.45) is 3.43. The van der Waals surface area contributed by atoms with Crippen LogP contribution in [0, 0.1) is 13.8 Å². The predicted octanol–water partition coefficient (Wildman–Crippen LogP) is 2.77. The summed E-state index contributed by atoms with van der Waals surface area (Å²) in [5.41, 5.74) is 7.62. The minimum atomic E-state index is 0.527. The Balaban J connectivity index is 2.31. The van der Waals surface area contributed by atoms with Crippen molar-refractivity contribution in [1.29, 1.82) is 0 Å². The van der Waals surface area contributed by atoms with E-state index in [4.69, 9.17) is 10.2 Å². The predicted molar refractivity (Wildman–Crippen MR) is 70.5 cm³/mol. The average Bonchev–Trinajstić information content (AvgIpc) is 2.71. The number of anilines is 1. The van der Waals surface area contributed by atoms with Gasteiger partial charge < -0.3 is 10.2 Å². The Morgan fingerprint density at radius 3 is 2.67 bits per heavy atom. The van der Waals surface area contributed by atoms with E-state index < -0.39 is 0 Å².